The van der Waals surface area contributed by atoms with Gasteiger partial charge < -0.3 is 20.0 Å². The second-order valence-corrected chi connectivity index (χ2v) is 8.62. The normalized spacial score (nSPS) is 30.2. The highest BCUT2D eigenvalue weighted by Gasteiger charge is 2.57. The number of hydrogen-bond donors (Lipinski definition) is 4. The largest absolute Gasteiger partial charge is 0.477 e. The quantitative estimate of drug-likeness (QED) is 0.202. The van der Waals surface area contributed by atoms with Crippen molar-refractivity contribution in [2.24, 2.45) is 5.92 Å². The lowest BCUT2D eigenvalue weighted by atomic mass is 9.83. The van der Waals surface area contributed by atoms with Crippen molar-refractivity contribution in [1.29, 1.82) is 5.41 Å². The van der Waals surface area contributed by atoms with E-state index in [0.29, 0.717) is 24.3 Å². The van der Waals surface area contributed by atoms with E-state index in [1.165, 1.54) is 30.7 Å². The lowest BCUT2D eigenvalue weighted by Gasteiger charge is -2.44. The van der Waals surface area contributed by atoms with Crippen LogP contribution in [0.15, 0.2) is 10.6 Å². The molecule has 0 aromatic carbocycles. The topological polar surface area (TPSA) is 143 Å². The van der Waals surface area contributed by atoms with Crippen molar-refractivity contribution in [3.05, 3.63) is 10.6 Å². The molecule has 0 spiro atoms. The van der Waals surface area contributed by atoms with Gasteiger partial charge in [-0.05, 0) is 20.3 Å². The number of hydrogen-bond acceptors (Lipinski definition) is 7. The van der Waals surface area contributed by atoms with Crippen LogP contribution < -0.4 is 5.48 Å². The van der Waals surface area contributed by atoms with Gasteiger partial charge in [0, 0.05) is 23.1 Å². The maximum absolute atomic E-state index is 12.3. The Bertz CT molecular complexity index is 754. The molecule has 0 aromatic heterocycles. The van der Waals surface area contributed by atoms with E-state index in [9.17, 15) is 24.6 Å². The predicted octanol–water partition coefficient (Wildman–Crippen LogP) is -0.255. The number of hydroxylamine groups is 1. The van der Waals surface area contributed by atoms with Crippen LogP contribution in [0.5, 0.6) is 0 Å². The zero-order valence-corrected chi connectivity index (χ0v) is 16.7. The number of carboxylic acid groups (broad SMARTS) is 1. The van der Waals surface area contributed by atoms with Gasteiger partial charge in [-0.2, -0.15) is 0 Å². The fourth-order valence-electron chi connectivity index (χ4n) is 4.21. The molecule has 0 aromatic rings. The summed E-state index contributed by atoms with van der Waals surface area (Å²) in [6.07, 6.45) is -0.0362. The molecule has 2 fully saturated rings. The van der Waals surface area contributed by atoms with E-state index < -0.39 is 24.0 Å². The Balaban J connectivity index is 1.78. The Morgan fingerprint density at radius 2 is 2.11 bits per heavy atom. The van der Waals surface area contributed by atoms with E-state index in [2.05, 4.69) is 10.3 Å². The molecule has 28 heavy (non-hydrogen) atoms. The molecule has 0 saturated carbocycles. The molecule has 3 aliphatic heterocycles. The summed E-state index contributed by atoms with van der Waals surface area (Å²) >= 11 is 1.34. The standard InChI is InChI=1S/C17H24N4O6S/c1-7(22)13-10-5-12(14(17(25)26)21(10)16(13)24)28-9-4-11(15(23)19-27-3)20(6-9)8(2)18/h7,9-11,13,18,22H,4-6H2,1-3H3,(H,19,23)(H,25,26)/t7?,9?,10-,11?,13-/m1/s1. The molecule has 3 unspecified atom stereocenters. The van der Waals surface area contributed by atoms with Gasteiger partial charge in [-0.25, -0.2) is 10.3 Å². The van der Waals surface area contributed by atoms with Crippen LogP contribution in [-0.2, 0) is 19.2 Å². The number of aliphatic hydroxyl groups is 1. The van der Waals surface area contributed by atoms with E-state index >= 15 is 0 Å². The summed E-state index contributed by atoms with van der Waals surface area (Å²) in [5.74, 6) is -2.24. The molecule has 3 aliphatic rings. The Labute approximate surface area is 166 Å². The van der Waals surface area contributed by atoms with Gasteiger partial charge in [0.05, 0.1) is 31.0 Å². The van der Waals surface area contributed by atoms with E-state index in [1.807, 2.05) is 0 Å². The lowest BCUT2D eigenvalue weighted by molar-refractivity contribution is -0.161. The third-order valence-corrected chi connectivity index (χ3v) is 6.72. The number of nitrogens with one attached hydrogen (secondary N) is 2. The van der Waals surface area contributed by atoms with Crippen LogP contribution in [0.2, 0.25) is 0 Å². The highest BCUT2D eigenvalue weighted by atomic mass is 32.2. The summed E-state index contributed by atoms with van der Waals surface area (Å²) in [6.45, 7) is 3.54. The van der Waals surface area contributed by atoms with Gasteiger partial charge in [-0.1, -0.05) is 0 Å². The van der Waals surface area contributed by atoms with Gasteiger partial charge in [0.15, 0.2) is 0 Å². The van der Waals surface area contributed by atoms with Crippen molar-refractivity contribution in [3.8, 4) is 0 Å². The molecule has 154 valence electrons. The van der Waals surface area contributed by atoms with Crippen molar-refractivity contribution in [3.63, 3.8) is 0 Å². The monoisotopic (exact) mass is 412 g/mol. The first-order valence-corrected chi connectivity index (χ1v) is 9.84. The smallest absolute Gasteiger partial charge is 0.353 e. The van der Waals surface area contributed by atoms with Crippen LogP contribution >= 0.6 is 11.8 Å². The minimum Gasteiger partial charge on any atom is -0.477 e. The predicted molar refractivity (Wildman–Crippen MR) is 100 cm³/mol. The Morgan fingerprint density at radius 3 is 2.64 bits per heavy atom. The van der Waals surface area contributed by atoms with Gasteiger partial charge in [-0.15, -0.1) is 11.8 Å². The number of nitrogens with zero attached hydrogens (tertiary/aromatic N) is 2. The van der Waals surface area contributed by atoms with Gasteiger partial charge in [0.1, 0.15) is 11.7 Å². The first-order valence-electron chi connectivity index (χ1n) is 8.96. The Hall–Kier alpha value is -2.11. The van der Waals surface area contributed by atoms with Gasteiger partial charge in [-0.3, -0.25) is 19.8 Å². The lowest BCUT2D eigenvalue weighted by Crippen LogP contribution is -2.61. The van der Waals surface area contributed by atoms with Crippen molar-refractivity contribution in [2.45, 2.75) is 50.1 Å². The minimum atomic E-state index is -1.17. The third kappa shape index (κ3) is 3.38. The van der Waals surface area contributed by atoms with E-state index in [1.54, 1.807) is 11.8 Å². The molecular formula is C17H24N4O6S. The number of β-lactam (4-membered cyclic amide) rings is 1. The molecule has 0 aliphatic carbocycles. The van der Waals surface area contributed by atoms with Crippen molar-refractivity contribution < 1.29 is 29.4 Å². The maximum Gasteiger partial charge on any atom is 0.353 e. The fourth-order valence-corrected chi connectivity index (χ4v) is 5.69. The van der Waals surface area contributed by atoms with Crippen LogP contribution in [0.4, 0.5) is 0 Å². The summed E-state index contributed by atoms with van der Waals surface area (Å²) in [6, 6.07) is -0.912. The van der Waals surface area contributed by atoms with Crippen LogP contribution in [0.3, 0.4) is 0 Å². The molecule has 0 bridgehead atoms. The molecule has 2 amide bonds. The van der Waals surface area contributed by atoms with Gasteiger partial charge in [0.25, 0.3) is 5.91 Å². The number of likely N-dealkylation sites (tertiary alicyclic amines) is 1. The number of thioether (sulfide) groups is 1. The summed E-state index contributed by atoms with van der Waals surface area (Å²) < 4.78 is 0. The fraction of sp³-hybridized carbons (Fsp3) is 0.647. The molecule has 3 rings (SSSR count). The van der Waals surface area contributed by atoms with Crippen LogP contribution in [0, 0.1) is 11.3 Å². The number of aliphatic carboxylic acids is 1. The van der Waals surface area contributed by atoms with Gasteiger partial charge in [0.2, 0.25) is 5.91 Å². The minimum absolute atomic E-state index is 0.0279. The molecule has 11 heteroatoms. The number of carbonyl (C=O) groups is 3. The molecule has 0 radical (unpaired) electrons. The second kappa shape index (κ2) is 7.72. The Morgan fingerprint density at radius 1 is 1.43 bits per heavy atom. The average molecular weight is 412 g/mol. The number of rotatable bonds is 6. The number of aliphatic hydroxyl groups excluding tert-OH is 1. The number of carboxylic acids is 1. The number of amides is 2. The number of carbonyl (C=O) groups excluding carboxylic acids is 2. The summed E-state index contributed by atoms with van der Waals surface area (Å²) in [5, 5.41) is 27.2. The number of fused-ring (bicyclic) bond motifs is 1. The molecule has 4 N–H and O–H groups in total. The zero-order valence-electron chi connectivity index (χ0n) is 15.8. The van der Waals surface area contributed by atoms with Gasteiger partial charge >= 0.3 is 5.97 Å². The maximum atomic E-state index is 12.3. The van der Waals surface area contributed by atoms with Crippen molar-refractivity contribution in [1.82, 2.24) is 15.3 Å². The average Bonchev–Trinajstić information content (AvgIpc) is 3.15. The summed E-state index contributed by atoms with van der Waals surface area (Å²) in [7, 11) is 1.34. The first kappa shape index (κ1) is 20.6. The van der Waals surface area contributed by atoms with Crippen LogP contribution in [0.25, 0.3) is 0 Å². The molecule has 5 atom stereocenters. The Kier molecular flexibility index (Phi) is 5.69. The van der Waals surface area contributed by atoms with Crippen LogP contribution in [-0.4, -0.2) is 80.7 Å². The highest BCUT2D eigenvalue weighted by Crippen LogP contribution is 2.49. The summed E-state index contributed by atoms with van der Waals surface area (Å²) in [4.78, 5) is 44.5. The first-order chi connectivity index (χ1) is 13.2. The van der Waals surface area contributed by atoms with E-state index in [-0.39, 0.29) is 34.6 Å². The number of amidine groups is 1. The molecule has 3 heterocycles. The van der Waals surface area contributed by atoms with E-state index in [0.717, 1.165) is 0 Å². The second-order valence-electron chi connectivity index (χ2n) is 7.22. The van der Waals surface area contributed by atoms with Crippen molar-refractivity contribution in [2.75, 3.05) is 13.7 Å². The van der Waals surface area contributed by atoms with Crippen LogP contribution in [0.1, 0.15) is 26.7 Å². The van der Waals surface area contributed by atoms with E-state index in [4.69, 9.17) is 5.41 Å². The molecular weight excluding hydrogens is 388 g/mol. The zero-order chi connectivity index (χ0) is 20.7. The third-order valence-electron chi connectivity index (χ3n) is 5.40. The summed E-state index contributed by atoms with van der Waals surface area (Å²) in [5.41, 5.74) is 2.26. The highest BCUT2D eigenvalue weighted by molar-refractivity contribution is 8.03. The van der Waals surface area contributed by atoms with Crippen molar-refractivity contribution >= 4 is 35.4 Å². The molecule has 2 saturated heterocycles. The SMILES string of the molecule is CONC(=O)C1CC(SC2=C(C(=O)O)N3C(=O)[C@H](C(C)O)[C@H]3C2)CN1C(C)=N. The molecule has 10 nitrogen and oxygen atoms in total.